The quantitative estimate of drug-likeness (QED) is 0.248. The monoisotopic (exact) mass is 656 g/mol. The van der Waals surface area contributed by atoms with E-state index in [1.165, 1.54) is 11.0 Å². The smallest absolute Gasteiger partial charge is 0.264 e. The minimum atomic E-state index is -2.03. The highest BCUT2D eigenvalue weighted by molar-refractivity contribution is 5.93. The van der Waals surface area contributed by atoms with Gasteiger partial charge in [0.2, 0.25) is 11.6 Å². The Hall–Kier alpha value is -5.04. The molecule has 0 aliphatic carbocycles. The number of nitrogens with one attached hydrogen (secondary N) is 1. The van der Waals surface area contributed by atoms with Gasteiger partial charge in [-0.1, -0.05) is 6.08 Å². The molecule has 1 N–H and O–H groups in total. The van der Waals surface area contributed by atoms with Gasteiger partial charge in [-0.05, 0) is 52.1 Å². The molecular formula is C35H41FN8O4. The minimum Gasteiger partial charge on any atom is -0.497 e. The maximum Gasteiger partial charge on any atom is 0.264 e. The molecule has 0 atom stereocenters. The fraction of sp³-hybridized carbons (Fsp3) is 0.400. The number of piperidine rings is 1. The molecule has 2 aromatic heterocycles. The molecule has 2 aliphatic rings. The van der Waals surface area contributed by atoms with Crippen molar-refractivity contribution < 1.29 is 23.5 Å². The fourth-order valence-electron chi connectivity index (χ4n) is 6.22. The Bertz CT molecular complexity index is 1820. The highest BCUT2D eigenvalue weighted by Crippen LogP contribution is 2.34. The summed E-state index contributed by atoms with van der Waals surface area (Å²) in [6.07, 6.45) is 8.02. The van der Waals surface area contributed by atoms with E-state index in [2.05, 4.69) is 10.3 Å². The van der Waals surface area contributed by atoms with Crippen LogP contribution in [-0.4, -0.2) is 113 Å². The van der Waals surface area contributed by atoms with E-state index in [0.29, 0.717) is 49.7 Å². The van der Waals surface area contributed by atoms with Gasteiger partial charge in [-0.15, -0.1) is 0 Å². The van der Waals surface area contributed by atoms with E-state index in [-0.39, 0.29) is 25.0 Å². The molecule has 48 heavy (non-hydrogen) atoms. The number of likely N-dealkylation sites (tertiary alicyclic amines) is 2. The lowest BCUT2D eigenvalue weighted by Crippen LogP contribution is -2.68. The summed E-state index contributed by atoms with van der Waals surface area (Å²) in [5.41, 5.74) is 3.65. The lowest BCUT2D eigenvalue weighted by atomic mass is 9.92. The first kappa shape index (κ1) is 32.9. The second kappa shape index (κ2) is 13.6. The molecular weight excluding hydrogens is 615 g/mol. The summed E-state index contributed by atoms with van der Waals surface area (Å²) in [7, 11) is 7.02. The predicted molar refractivity (Wildman–Crippen MR) is 181 cm³/mol. The van der Waals surface area contributed by atoms with E-state index in [1.807, 2.05) is 67.0 Å². The van der Waals surface area contributed by atoms with Crippen molar-refractivity contribution in [2.75, 3.05) is 66.4 Å². The van der Waals surface area contributed by atoms with Crippen LogP contribution in [0.4, 0.5) is 15.8 Å². The minimum absolute atomic E-state index is 0.0590. The van der Waals surface area contributed by atoms with Gasteiger partial charge >= 0.3 is 0 Å². The number of anilines is 2. The highest BCUT2D eigenvalue weighted by atomic mass is 19.1. The molecule has 0 radical (unpaired) electrons. The number of ether oxygens (including phenoxy) is 2. The second-order valence-electron chi connectivity index (χ2n) is 12.6. The van der Waals surface area contributed by atoms with Crippen LogP contribution >= 0.6 is 0 Å². The molecule has 252 valence electrons. The summed E-state index contributed by atoms with van der Waals surface area (Å²) in [5.74, 6) is 0.548. The summed E-state index contributed by atoms with van der Waals surface area (Å²) in [6, 6.07) is 11.5. The van der Waals surface area contributed by atoms with Crippen LogP contribution in [0.3, 0.4) is 0 Å². The van der Waals surface area contributed by atoms with Crippen LogP contribution in [0, 0.1) is 6.92 Å². The number of alkyl halides is 1. The number of carbonyl (C=O) groups is 2. The molecule has 13 heteroatoms. The molecule has 6 rings (SSSR count). The van der Waals surface area contributed by atoms with Crippen molar-refractivity contribution in [1.29, 1.82) is 0 Å². The predicted octanol–water partition coefficient (Wildman–Crippen LogP) is 4.39. The van der Waals surface area contributed by atoms with Gasteiger partial charge in [0.05, 0.1) is 62.5 Å². The first-order valence-corrected chi connectivity index (χ1v) is 16.0. The van der Waals surface area contributed by atoms with E-state index in [0.717, 1.165) is 33.7 Å². The Morgan fingerprint density at radius 1 is 1.00 bits per heavy atom. The number of fused-ring (bicyclic) bond motifs is 1. The molecule has 2 saturated heterocycles. The zero-order chi connectivity index (χ0) is 34.0. The molecule has 2 aliphatic heterocycles. The molecule has 0 saturated carbocycles. The molecule has 12 nitrogen and oxygen atoms in total. The highest BCUT2D eigenvalue weighted by Gasteiger charge is 2.53. The van der Waals surface area contributed by atoms with Crippen molar-refractivity contribution in [2.24, 2.45) is 0 Å². The Labute approximate surface area is 279 Å². The number of likely N-dealkylation sites (N-methyl/N-ethyl adjacent to an activating group) is 1. The number of halogens is 1. The van der Waals surface area contributed by atoms with E-state index < -0.39 is 11.6 Å². The van der Waals surface area contributed by atoms with Crippen LogP contribution in [-0.2, 0) is 9.59 Å². The average molecular weight is 657 g/mol. The van der Waals surface area contributed by atoms with Gasteiger partial charge in [0.1, 0.15) is 11.5 Å². The number of nitrogens with zero attached hydrogens (tertiary/aromatic N) is 7. The third-order valence-corrected chi connectivity index (χ3v) is 8.91. The third kappa shape index (κ3) is 6.82. The van der Waals surface area contributed by atoms with Crippen LogP contribution in [0.2, 0.25) is 0 Å². The molecule has 0 bridgehead atoms. The number of aromatic nitrogens is 4. The lowest BCUT2D eigenvalue weighted by Gasteiger charge is -2.45. The number of amides is 2. The van der Waals surface area contributed by atoms with Crippen LogP contribution in [0.5, 0.6) is 11.5 Å². The second-order valence-corrected chi connectivity index (χ2v) is 12.6. The molecule has 4 heterocycles. The Morgan fingerprint density at radius 2 is 1.71 bits per heavy atom. The van der Waals surface area contributed by atoms with Gasteiger partial charge in [0.25, 0.3) is 5.91 Å². The van der Waals surface area contributed by atoms with Gasteiger partial charge in [0, 0.05) is 66.5 Å². The number of rotatable bonds is 10. The van der Waals surface area contributed by atoms with Gasteiger partial charge < -0.3 is 29.5 Å². The Morgan fingerprint density at radius 3 is 2.38 bits per heavy atom. The largest absolute Gasteiger partial charge is 0.497 e. The normalized spacial score (nSPS) is 16.4. The summed E-state index contributed by atoms with van der Waals surface area (Å²) >= 11 is 0. The first-order valence-electron chi connectivity index (χ1n) is 16.0. The number of benzene rings is 2. The summed E-state index contributed by atoms with van der Waals surface area (Å²) in [5, 5.41) is 8.09. The molecule has 2 fully saturated rings. The van der Waals surface area contributed by atoms with Crippen molar-refractivity contribution in [1.82, 2.24) is 34.4 Å². The lowest BCUT2D eigenvalue weighted by molar-refractivity contribution is -0.162. The number of methoxy groups -OCH3 is 2. The standard InChI is InChI=1S/C35H41FN8O4/c1-23-29(32-20-37-30-9-8-24(17-31(30)40-32)39-25-15-27(47-4)18-28(16-25)48-5)19-38-44(23)26-10-13-42(14-11-26)34(46)35(36)21-43(22-35)33(45)7-6-12-41(2)3/h6-9,15-20,26,39H,10-14,21-22H2,1-5H3/b7-6+. The van der Waals surface area contributed by atoms with Crippen molar-refractivity contribution in [3.05, 3.63) is 66.6 Å². The van der Waals surface area contributed by atoms with E-state index in [1.54, 1.807) is 37.6 Å². The number of carbonyl (C=O) groups excluding carboxylic acids is 2. The summed E-state index contributed by atoms with van der Waals surface area (Å²) in [6.45, 7) is 3.04. The average Bonchev–Trinajstić information content (AvgIpc) is 3.46. The van der Waals surface area contributed by atoms with Crippen LogP contribution < -0.4 is 14.8 Å². The van der Waals surface area contributed by atoms with Crippen molar-refractivity contribution in [3.63, 3.8) is 0 Å². The molecule has 0 unspecified atom stereocenters. The van der Waals surface area contributed by atoms with E-state index in [4.69, 9.17) is 19.6 Å². The van der Waals surface area contributed by atoms with Gasteiger partial charge in [0.15, 0.2) is 0 Å². The Kier molecular flexibility index (Phi) is 9.31. The van der Waals surface area contributed by atoms with Crippen LogP contribution in [0.15, 0.2) is 60.9 Å². The summed E-state index contributed by atoms with van der Waals surface area (Å²) < 4.78 is 28.2. The van der Waals surface area contributed by atoms with Crippen molar-refractivity contribution in [2.45, 2.75) is 31.5 Å². The topological polar surface area (TPSA) is 118 Å². The van der Waals surface area contributed by atoms with E-state index >= 15 is 4.39 Å². The van der Waals surface area contributed by atoms with Crippen molar-refractivity contribution >= 4 is 34.2 Å². The van der Waals surface area contributed by atoms with Crippen LogP contribution in [0.25, 0.3) is 22.3 Å². The van der Waals surface area contributed by atoms with Crippen molar-refractivity contribution in [3.8, 4) is 22.8 Å². The molecule has 2 aromatic carbocycles. The molecule has 4 aromatic rings. The zero-order valence-corrected chi connectivity index (χ0v) is 27.9. The fourth-order valence-corrected chi connectivity index (χ4v) is 6.22. The first-order chi connectivity index (χ1) is 23.1. The van der Waals surface area contributed by atoms with Gasteiger partial charge in [-0.3, -0.25) is 19.3 Å². The van der Waals surface area contributed by atoms with Gasteiger partial charge in [-0.25, -0.2) is 9.37 Å². The van der Waals surface area contributed by atoms with E-state index in [9.17, 15) is 9.59 Å². The maximum absolute atomic E-state index is 15.5. The molecule has 0 spiro atoms. The maximum atomic E-state index is 15.5. The molecule has 2 amide bonds. The Balaban J connectivity index is 1.09. The number of hydrogen-bond acceptors (Lipinski definition) is 9. The van der Waals surface area contributed by atoms with Crippen LogP contribution in [0.1, 0.15) is 24.6 Å². The number of hydrogen-bond donors (Lipinski definition) is 1. The van der Waals surface area contributed by atoms with Gasteiger partial charge in [-0.2, -0.15) is 5.10 Å². The third-order valence-electron chi connectivity index (χ3n) is 8.91. The zero-order valence-electron chi connectivity index (χ0n) is 27.9. The SMILES string of the molecule is COc1cc(Nc2ccc3ncc(-c4cnn(C5CCN(C(=O)C6(F)CN(C(=O)/C=C/CN(C)C)C6)CC5)c4C)nc3c2)cc(OC)c1. The summed E-state index contributed by atoms with van der Waals surface area (Å²) in [4.78, 5) is 39.9.